The molecule has 0 aliphatic rings. The Hall–Kier alpha value is -3.48. The Bertz CT molecular complexity index is 1550. The van der Waals surface area contributed by atoms with Crippen molar-refractivity contribution in [3.05, 3.63) is 100 Å². The minimum atomic E-state index is -3.46. The third-order valence-corrected chi connectivity index (χ3v) is 7.40. The van der Waals surface area contributed by atoms with Crippen LogP contribution in [0.1, 0.15) is 27.0 Å². The SMILES string of the molecule is Cc1cc(C)c(-c2cc(S(C)(=O)=O)ccc2C(=O)Nc2ccc(Cl)c(-c3ccccn3)c2)cc1C. The van der Waals surface area contributed by atoms with Crippen LogP contribution in [0, 0.1) is 20.8 Å². The van der Waals surface area contributed by atoms with Gasteiger partial charge in [0, 0.05) is 29.3 Å². The van der Waals surface area contributed by atoms with Gasteiger partial charge in [-0.05, 0) is 97.1 Å². The van der Waals surface area contributed by atoms with Gasteiger partial charge in [0.1, 0.15) is 0 Å². The largest absolute Gasteiger partial charge is 0.322 e. The van der Waals surface area contributed by atoms with Gasteiger partial charge in [-0.3, -0.25) is 9.78 Å². The van der Waals surface area contributed by atoms with Crippen molar-refractivity contribution in [2.75, 3.05) is 11.6 Å². The number of rotatable bonds is 5. The number of carbonyl (C=O) groups excluding carboxylic acids is 1. The maximum Gasteiger partial charge on any atom is 0.256 e. The number of sulfone groups is 1. The number of aryl methyl sites for hydroxylation is 3. The number of carbonyl (C=O) groups is 1. The predicted molar refractivity (Wildman–Crippen MR) is 142 cm³/mol. The normalized spacial score (nSPS) is 11.3. The second-order valence-electron chi connectivity index (χ2n) is 8.59. The molecule has 0 fully saturated rings. The molecule has 0 radical (unpaired) electrons. The number of nitrogens with one attached hydrogen (secondary N) is 1. The lowest BCUT2D eigenvalue weighted by Gasteiger charge is -2.16. The van der Waals surface area contributed by atoms with E-state index in [1.165, 1.54) is 6.07 Å². The van der Waals surface area contributed by atoms with Crippen molar-refractivity contribution in [1.82, 2.24) is 4.98 Å². The summed E-state index contributed by atoms with van der Waals surface area (Å²) in [4.78, 5) is 18.0. The first-order chi connectivity index (χ1) is 16.5. The summed E-state index contributed by atoms with van der Waals surface area (Å²) in [5.41, 5.74) is 6.82. The fourth-order valence-electron chi connectivity index (χ4n) is 3.95. The molecule has 1 aromatic heterocycles. The van der Waals surface area contributed by atoms with Gasteiger partial charge in [0.25, 0.3) is 5.91 Å². The third-order valence-electron chi connectivity index (χ3n) is 5.96. The van der Waals surface area contributed by atoms with Crippen molar-refractivity contribution in [1.29, 1.82) is 0 Å². The van der Waals surface area contributed by atoms with E-state index in [9.17, 15) is 13.2 Å². The van der Waals surface area contributed by atoms with Gasteiger partial charge >= 0.3 is 0 Å². The fourth-order valence-corrected chi connectivity index (χ4v) is 4.81. The van der Waals surface area contributed by atoms with Crippen LogP contribution in [-0.2, 0) is 9.84 Å². The average molecular weight is 505 g/mol. The van der Waals surface area contributed by atoms with Crippen molar-refractivity contribution >= 4 is 33.0 Å². The number of hydrogen-bond acceptors (Lipinski definition) is 4. The number of anilines is 1. The van der Waals surface area contributed by atoms with Crippen LogP contribution < -0.4 is 5.32 Å². The second-order valence-corrected chi connectivity index (χ2v) is 11.0. The number of hydrogen-bond donors (Lipinski definition) is 1. The maximum absolute atomic E-state index is 13.5. The zero-order valence-electron chi connectivity index (χ0n) is 19.9. The lowest BCUT2D eigenvalue weighted by atomic mass is 9.92. The highest BCUT2D eigenvalue weighted by Crippen LogP contribution is 2.33. The summed E-state index contributed by atoms with van der Waals surface area (Å²) < 4.78 is 24.6. The molecule has 0 bridgehead atoms. The van der Waals surface area contributed by atoms with Gasteiger partial charge in [-0.2, -0.15) is 0 Å². The van der Waals surface area contributed by atoms with Crippen molar-refractivity contribution < 1.29 is 13.2 Å². The smallest absolute Gasteiger partial charge is 0.256 e. The van der Waals surface area contributed by atoms with Crippen LogP contribution in [0.25, 0.3) is 22.4 Å². The first-order valence-corrected chi connectivity index (χ1v) is 13.3. The predicted octanol–water partition coefficient (Wildman–Crippen LogP) is 6.65. The van der Waals surface area contributed by atoms with E-state index < -0.39 is 9.84 Å². The van der Waals surface area contributed by atoms with Gasteiger partial charge in [-0.15, -0.1) is 0 Å². The minimum absolute atomic E-state index is 0.158. The molecule has 0 atom stereocenters. The summed E-state index contributed by atoms with van der Waals surface area (Å²) in [6, 6.07) is 19.4. The van der Waals surface area contributed by atoms with Crippen LogP contribution in [0.2, 0.25) is 5.02 Å². The molecule has 1 amide bonds. The number of aromatic nitrogens is 1. The van der Waals surface area contributed by atoms with E-state index in [1.807, 2.05) is 51.1 Å². The van der Waals surface area contributed by atoms with Crippen molar-refractivity contribution in [2.24, 2.45) is 0 Å². The average Bonchev–Trinajstić information content (AvgIpc) is 2.82. The number of pyridine rings is 1. The van der Waals surface area contributed by atoms with Gasteiger partial charge in [-0.25, -0.2) is 8.42 Å². The first kappa shape index (κ1) is 24.6. The van der Waals surface area contributed by atoms with Crippen LogP contribution in [0.4, 0.5) is 5.69 Å². The molecule has 0 saturated carbocycles. The molecule has 0 aliphatic heterocycles. The molecular formula is C28H25ClN2O3S. The molecule has 0 spiro atoms. The van der Waals surface area contributed by atoms with E-state index in [-0.39, 0.29) is 10.8 Å². The first-order valence-electron chi connectivity index (χ1n) is 11.0. The highest BCUT2D eigenvalue weighted by molar-refractivity contribution is 7.90. The lowest BCUT2D eigenvalue weighted by molar-refractivity contribution is 0.102. The van der Waals surface area contributed by atoms with Crippen LogP contribution in [-0.4, -0.2) is 25.6 Å². The molecule has 0 saturated heterocycles. The van der Waals surface area contributed by atoms with Gasteiger partial charge in [-0.1, -0.05) is 29.8 Å². The van der Waals surface area contributed by atoms with Crippen molar-refractivity contribution in [3.63, 3.8) is 0 Å². The monoisotopic (exact) mass is 504 g/mol. The van der Waals surface area contributed by atoms with E-state index >= 15 is 0 Å². The molecule has 4 rings (SSSR count). The Morgan fingerprint density at radius 2 is 1.57 bits per heavy atom. The number of amides is 1. The molecule has 1 heterocycles. The Balaban J connectivity index is 1.79. The summed E-state index contributed by atoms with van der Waals surface area (Å²) in [6.45, 7) is 5.96. The molecule has 4 aromatic rings. The molecule has 0 aliphatic carbocycles. The molecule has 5 nitrogen and oxygen atoms in total. The van der Waals surface area contributed by atoms with Crippen LogP contribution in [0.15, 0.2) is 77.8 Å². The Morgan fingerprint density at radius 3 is 2.26 bits per heavy atom. The van der Waals surface area contributed by atoms with Crippen molar-refractivity contribution in [3.8, 4) is 22.4 Å². The van der Waals surface area contributed by atoms with Gasteiger partial charge < -0.3 is 5.32 Å². The molecule has 178 valence electrons. The quantitative estimate of drug-likeness (QED) is 0.330. The standard InChI is InChI=1S/C28H25ClN2O3S/c1-17-13-19(3)23(14-18(17)2)24-16-21(35(4,33)34)9-10-22(24)28(32)31-20-8-11-26(29)25(15-20)27-7-5-6-12-30-27/h5-16H,1-4H3,(H,31,32). The molecule has 7 heteroatoms. The van der Waals surface area contributed by atoms with Crippen LogP contribution in [0.3, 0.4) is 0 Å². The van der Waals surface area contributed by atoms with Crippen LogP contribution >= 0.6 is 11.6 Å². The molecular weight excluding hydrogens is 480 g/mol. The van der Waals surface area contributed by atoms with Crippen LogP contribution in [0.5, 0.6) is 0 Å². The number of halogens is 1. The van der Waals surface area contributed by atoms with E-state index in [4.69, 9.17) is 11.6 Å². The maximum atomic E-state index is 13.5. The van der Waals surface area contributed by atoms with E-state index in [0.717, 1.165) is 28.5 Å². The topological polar surface area (TPSA) is 76.1 Å². The van der Waals surface area contributed by atoms with Gasteiger partial charge in [0.05, 0.1) is 15.6 Å². The highest BCUT2D eigenvalue weighted by Gasteiger charge is 2.19. The van der Waals surface area contributed by atoms with Crippen molar-refractivity contribution in [2.45, 2.75) is 25.7 Å². The minimum Gasteiger partial charge on any atom is -0.322 e. The number of nitrogens with zero attached hydrogens (tertiary/aromatic N) is 1. The Morgan fingerprint density at radius 1 is 0.829 bits per heavy atom. The molecule has 0 unspecified atom stereocenters. The summed E-state index contributed by atoms with van der Waals surface area (Å²) in [5, 5.41) is 3.45. The summed E-state index contributed by atoms with van der Waals surface area (Å²) in [6.07, 6.45) is 2.84. The highest BCUT2D eigenvalue weighted by atomic mass is 35.5. The van der Waals surface area contributed by atoms with E-state index in [2.05, 4.69) is 10.3 Å². The van der Waals surface area contributed by atoms with Gasteiger partial charge in [0.2, 0.25) is 0 Å². The zero-order valence-corrected chi connectivity index (χ0v) is 21.5. The Labute approximate surface area is 210 Å². The summed E-state index contributed by atoms with van der Waals surface area (Å²) in [5.74, 6) is -0.355. The van der Waals surface area contributed by atoms with E-state index in [1.54, 1.807) is 36.5 Å². The van der Waals surface area contributed by atoms with Gasteiger partial charge in [0.15, 0.2) is 9.84 Å². The second kappa shape index (κ2) is 9.64. The Kier molecular flexibility index (Phi) is 6.79. The zero-order chi connectivity index (χ0) is 25.3. The fraction of sp³-hybridized carbons (Fsp3) is 0.143. The molecule has 1 N–H and O–H groups in total. The number of benzene rings is 3. The van der Waals surface area contributed by atoms with E-state index in [0.29, 0.717) is 33.1 Å². The molecule has 35 heavy (non-hydrogen) atoms. The molecule has 3 aromatic carbocycles. The summed E-state index contributed by atoms with van der Waals surface area (Å²) in [7, 11) is -3.46. The third kappa shape index (κ3) is 5.29. The summed E-state index contributed by atoms with van der Waals surface area (Å²) >= 11 is 6.39. The lowest BCUT2D eigenvalue weighted by Crippen LogP contribution is -2.14.